The number of furan rings is 1. The molecule has 2 heterocycles. The summed E-state index contributed by atoms with van der Waals surface area (Å²) in [6.45, 7) is 4.26. The summed E-state index contributed by atoms with van der Waals surface area (Å²) in [6.07, 6.45) is 1.69. The molecule has 0 saturated carbocycles. The van der Waals surface area contributed by atoms with Crippen LogP contribution in [0.15, 0.2) is 22.7 Å². The Bertz CT molecular complexity index is 587. The Balaban J connectivity index is 1.93. The Morgan fingerprint density at radius 3 is 2.85 bits per heavy atom. The molecule has 2 N–H and O–H groups in total. The smallest absolute Gasteiger partial charge is 0.244 e. The summed E-state index contributed by atoms with van der Waals surface area (Å²) < 4.78 is 6.94. The second-order valence-electron chi connectivity index (χ2n) is 4.89. The number of likely N-dealkylation sites (N-methyl/N-ethyl adjacent to an activating group) is 1. The largest absolute Gasteiger partial charge is 0.464 e. The van der Waals surface area contributed by atoms with Crippen LogP contribution in [0, 0.1) is 6.92 Å². The van der Waals surface area contributed by atoms with Crippen LogP contribution in [-0.4, -0.2) is 32.8 Å². The van der Waals surface area contributed by atoms with E-state index in [9.17, 15) is 4.79 Å². The Morgan fingerprint density at radius 1 is 1.55 bits per heavy atom. The molecule has 0 radical (unpaired) electrons. The summed E-state index contributed by atoms with van der Waals surface area (Å²) >= 11 is 0. The van der Waals surface area contributed by atoms with E-state index in [0.717, 1.165) is 11.5 Å². The molecule has 20 heavy (non-hydrogen) atoms. The standard InChI is InChI=1S/C13H19N5O2/c1-9-4-5-11(20-9)6-17(3)13(19)8-18-7-12(10(2)14)15-16-18/h4-5,7,10H,6,8,14H2,1-3H3. The molecule has 108 valence electrons. The first kappa shape index (κ1) is 14.3. The van der Waals surface area contributed by atoms with Crippen LogP contribution in [0.25, 0.3) is 0 Å². The average Bonchev–Trinajstić information content (AvgIpc) is 2.98. The molecule has 0 fully saturated rings. The first-order chi connectivity index (χ1) is 9.45. The molecule has 1 unspecified atom stereocenters. The molecular weight excluding hydrogens is 258 g/mol. The van der Waals surface area contributed by atoms with Gasteiger partial charge in [0.05, 0.1) is 18.4 Å². The third kappa shape index (κ3) is 3.45. The molecule has 2 aromatic rings. The van der Waals surface area contributed by atoms with Crippen LogP contribution in [0.2, 0.25) is 0 Å². The van der Waals surface area contributed by atoms with Gasteiger partial charge in [-0.3, -0.25) is 4.79 Å². The highest BCUT2D eigenvalue weighted by Gasteiger charge is 2.13. The monoisotopic (exact) mass is 277 g/mol. The molecule has 0 saturated heterocycles. The van der Waals surface area contributed by atoms with Crippen molar-refractivity contribution >= 4 is 5.91 Å². The maximum Gasteiger partial charge on any atom is 0.244 e. The van der Waals surface area contributed by atoms with Crippen molar-refractivity contribution < 1.29 is 9.21 Å². The van der Waals surface area contributed by atoms with E-state index in [1.807, 2.05) is 26.0 Å². The van der Waals surface area contributed by atoms with Crippen LogP contribution in [-0.2, 0) is 17.9 Å². The molecule has 0 aliphatic carbocycles. The Morgan fingerprint density at radius 2 is 2.30 bits per heavy atom. The van der Waals surface area contributed by atoms with Gasteiger partial charge in [0.25, 0.3) is 0 Å². The van der Waals surface area contributed by atoms with Gasteiger partial charge in [-0.2, -0.15) is 0 Å². The third-order valence-corrected chi connectivity index (χ3v) is 2.93. The lowest BCUT2D eigenvalue weighted by atomic mass is 10.3. The first-order valence-electron chi connectivity index (χ1n) is 6.40. The van der Waals surface area contributed by atoms with Crippen molar-refractivity contribution in [1.82, 2.24) is 19.9 Å². The Labute approximate surface area is 117 Å². The van der Waals surface area contributed by atoms with Gasteiger partial charge in [-0.25, -0.2) is 4.68 Å². The second kappa shape index (κ2) is 5.87. The van der Waals surface area contributed by atoms with Crippen LogP contribution >= 0.6 is 0 Å². The van der Waals surface area contributed by atoms with Crippen molar-refractivity contribution in [3.63, 3.8) is 0 Å². The van der Waals surface area contributed by atoms with Crippen LogP contribution in [0.3, 0.4) is 0 Å². The summed E-state index contributed by atoms with van der Waals surface area (Å²) in [4.78, 5) is 13.7. The fourth-order valence-electron chi connectivity index (χ4n) is 1.75. The van der Waals surface area contributed by atoms with Gasteiger partial charge >= 0.3 is 0 Å². The molecule has 0 aliphatic heterocycles. The van der Waals surface area contributed by atoms with Crippen molar-refractivity contribution in [3.05, 3.63) is 35.5 Å². The molecule has 0 spiro atoms. The second-order valence-corrected chi connectivity index (χ2v) is 4.89. The zero-order valence-electron chi connectivity index (χ0n) is 11.9. The average molecular weight is 277 g/mol. The number of rotatable bonds is 5. The van der Waals surface area contributed by atoms with E-state index in [4.69, 9.17) is 10.2 Å². The van der Waals surface area contributed by atoms with Crippen molar-refractivity contribution in [2.45, 2.75) is 33.0 Å². The lowest BCUT2D eigenvalue weighted by Gasteiger charge is -2.15. The lowest BCUT2D eigenvalue weighted by molar-refractivity contribution is -0.131. The number of nitrogens with zero attached hydrogens (tertiary/aromatic N) is 4. The summed E-state index contributed by atoms with van der Waals surface area (Å²) in [7, 11) is 1.73. The maximum atomic E-state index is 12.1. The number of carbonyl (C=O) groups excluding carboxylic acids is 1. The Kier molecular flexibility index (Phi) is 4.19. The molecule has 2 rings (SSSR count). The fraction of sp³-hybridized carbons (Fsp3) is 0.462. The molecule has 0 aromatic carbocycles. The number of carbonyl (C=O) groups is 1. The number of amides is 1. The first-order valence-corrected chi connectivity index (χ1v) is 6.40. The molecule has 1 amide bonds. The number of aromatic nitrogens is 3. The topological polar surface area (TPSA) is 90.2 Å². The van der Waals surface area contributed by atoms with Gasteiger partial charge in [-0.1, -0.05) is 5.21 Å². The quantitative estimate of drug-likeness (QED) is 0.875. The number of aryl methyl sites for hydroxylation is 1. The van der Waals surface area contributed by atoms with Crippen LogP contribution in [0.1, 0.15) is 30.2 Å². The predicted molar refractivity (Wildman–Crippen MR) is 72.5 cm³/mol. The SMILES string of the molecule is Cc1ccc(CN(C)C(=O)Cn2cc(C(C)N)nn2)o1. The molecule has 2 aromatic heterocycles. The van der Waals surface area contributed by atoms with Gasteiger partial charge in [-0.15, -0.1) is 5.10 Å². The van der Waals surface area contributed by atoms with E-state index in [2.05, 4.69) is 10.3 Å². The highest BCUT2D eigenvalue weighted by molar-refractivity contribution is 5.75. The molecule has 7 nitrogen and oxygen atoms in total. The molecule has 1 atom stereocenters. The normalized spacial score (nSPS) is 12.4. The van der Waals surface area contributed by atoms with Crippen LogP contribution in [0.5, 0.6) is 0 Å². The van der Waals surface area contributed by atoms with Crippen molar-refractivity contribution in [3.8, 4) is 0 Å². The Hall–Kier alpha value is -2.15. The molecule has 0 bridgehead atoms. The van der Waals surface area contributed by atoms with Gasteiger partial charge in [0.15, 0.2) is 0 Å². The van der Waals surface area contributed by atoms with E-state index < -0.39 is 0 Å². The fourth-order valence-corrected chi connectivity index (χ4v) is 1.75. The minimum Gasteiger partial charge on any atom is -0.464 e. The van der Waals surface area contributed by atoms with Crippen molar-refractivity contribution in [1.29, 1.82) is 0 Å². The van der Waals surface area contributed by atoms with Crippen LogP contribution < -0.4 is 5.73 Å². The summed E-state index contributed by atoms with van der Waals surface area (Å²) in [5.41, 5.74) is 6.37. The summed E-state index contributed by atoms with van der Waals surface area (Å²) in [5, 5.41) is 7.80. The van der Waals surface area contributed by atoms with E-state index in [0.29, 0.717) is 12.2 Å². The van der Waals surface area contributed by atoms with Gasteiger partial charge in [0, 0.05) is 13.1 Å². The van der Waals surface area contributed by atoms with Gasteiger partial charge < -0.3 is 15.1 Å². The number of hydrogen-bond donors (Lipinski definition) is 1. The van der Waals surface area contributed by atoms with E-state index in [1.54, 1.807) is 18.1 Å². The number of nitrogens with two attached hydrogens (primary N) is 1. The van der Waals surface area contributed by atoms with Gasteiger partial charge in [0.1, 0.15) is 18.1 Å². The minimum atomic E-state index is -0.192. The van der Waals surface area contributed by atoms with E-state index in [-0.39, 0.29) is 18.5 Å². The van der Waals surface area contributed by atoms with E-state index >= 15 is 0 Å². The predicted octanol–water partition coefficient (Wildman–Crippen LogP) is 0.858. The van der Waals surface area contributed by atoms with Gasteiger partial charge in [0.2, 0.25) is 5.91 Å². The molecular formula is C13H19N5O2. The van der Waals surface area contributed by atoms with Crippen LogP contribution in [0.4, 0.5) is 0 Å². The highest BCUT2D eigenvalue weighted by Crippen LogP contribution is 2.09. The summed E-state index contributed by atoms with van der Waals surface area (Å²) in [5.74, 6) is 1.52. The molecule has 7 heteroatoms. The zero-order valence-corrected chi connectivity index (χ0v) is 11.9. The van der Waals surface area contributed by atoms with E-state index in [1.165, 1.54) is 4.68 Å². The van der Waals surface area contributed by atoms with Gasteiger partial charge in [-0.05, 0) is 26.0 Å². The maximum absolute atomic E-state index is 12.1. The lowest BCUT2D eigenvalue weighted by Crippen LogP contribution is -2.29. The zero-order chi connectivity index (χ0) is 14.7. The van der Waals surface area contributed by atoms with Crippen molar-refractivity contribution in [2.75, 3.05) is 7.05 Å². The summed E-state index contributed by atoms with van der Waals surface area (Å²) in [6, 6.07) is 3.55. The molecule has 0 aliphatic rings. The number of hydrogen-bond acceptors (Lipinski definition) is 5. The minimum absolute atomic E-state index is 0.0693. The highest BCUT2D eigenvalue weighted by atomic mass is 16.3. The third-order valence-electron chi connectivity index (χ3n) is 2.93. The van der Waals surface area contributed by atoms with Crippen molar-refractivity contribution in [2.24, 2.45) is 5.73 Å².